The number of rotatable bonds is 3. The minimum atomic E-state index is -0.453. The Morgan fingerprint density at radius 3 is 2.77 bits per heavy atom. The first-order valence-electron chi connectivity index (χ1n) is 6.88. The number of nitrogens with one attached hydrogen (secondary N) is 1. The third kappa shape index (κ3) is 4.45. The highest BCUT2D eigenvalue weighted by molar-refractivity contribution is 7.81. The molecule has 1 heterocycles. The average molecular weight is 322 g/mol. The molecular weight excluding hydrogens is 304 g/mol. The number of likely N-dealkylation sites (tertiary alicyclic amines) is 1. The van der Waals surface area contributed by atoms with Crippen LogP contribution in [-0.2, 0) is 11.3 Å². The average Bonchev–Trinajstić information content (AvgIpc) is 2.92. The molecule has 8 heteroatoms. The van der Waals surface area contributed by atoms with Crippen LogP contribution in [0.25, 0.3) is 0 Å². The van der Waals surface area contributed by atoms with Crippen molar-refractivity contribution in [2.24, 2.45) is 4.99 Å². The minimum absolute atomic E-state index is 0.0306. The van der Waals surface area contributed by atoms with Crippen LogP contribution in [-0.4, -0.2) is 40.0 Å². The summed E-state index contributed by atoms with van der Waals surface area (Å²) in [5.41, 5.74) is 0.780. The molecule has 1 aliphatic rings. The van der Waals surface area contributed by atoms with Crippen LogP contribution in [0.1, 0.15) is 18.9 Å². The molecule has 0 spiro atoms. The van der Waals surface area contributed by atoms with Gasteiger partial charge in [-0.05, 0) is 31.0 Å². The molecule has 0 radical (unpaired) electrons. The predicted molar refractivity (Wildman–Crippen MR) is 87.7 cm³/mol. The van der Waals surface area contributed by atoms with Crippen LogP contribution in [0, 0.1) is 15.5 Å². The second kappa shape index (κ2) is 7.26. The van der Waals surface area contributed by atoms with E-state index in [9.17, 15) is 10.1 Å². The fraction of sp³-hybridized carbons (Fsp3) is 0.429. The van der Waals surface area contributed by atoms with Crippen LogP contribution in [0.15, 0.2) is 29.3 Å². The Kier molecular flexibility index (Phi) is 5.37. The Hall–Kier alpha value is -2.09. The van der Waals surface area contributed by atoms with Crippen molar-refractivity contribution in [3.8, 4) is 0 Å². The van der Waals surface area contributed by atoms with Crippen molar-refractivity contribution in [3.63, 3.8) is 0 Å². The normalized spacial score (nSPS) is 18.4. The zero-order chi connectivity index (χ0) is 16.1. The van der Waals surface area contributed by atoms with E-state index < -0.39 is 4.92 Å². The molecule has 1 aromatic carbocycles. The summed E-state index contributed by atoms with van der Waals surface area (Å²) in [5, 5.41) is 18.6. The number of hydrogen-bond acceptors (Lipinski definition) is 5. The topological polar surface area (TPSA) is 91.8 Å². The van der Waals surface area contributed by atoms with E-state index in [4.69, 9.17) is 10.1 Å². The van der Waals surface area contributed by atoms with E-state index in [0.29, 0.717) is 5.25 Å². The highest BCUT2D eigenvalue weighted by atomic mass is 32.1. The van der Waals surface area contributed by atoms with Crippen molar-refractivity contribution in [2.45, 2.75) is 25.2 Å². The fourth-order valence-electron chi connectivity index (χ4n) is 2.15. The molecule has 22 heavy (non-hydrogen) atoms. The Morgan fingerprint density at radius 2 is 2.23 bits per heavy atom. The maximum atomic E-state index is 10.6. The summed E-state index contributed by atoms with van der Waals surface area (Å²) in [7, 11) is 0. The van der Waals surface area contributed by atoms with Gasteiger partial charge in [0.25, 0.3) is 5.69 Å². The maximum absolute atomic E-state index is 10.6. The maximum Gasteiger partial charge on any atom is 0.310 e. The molecule has 1 saturated heterocycles. The monoisotopic (exact) mass is 322 g/mol. The Balaban J connectivity index is 1.85. The number of nitrogens with zero attached hydrogens (tertiary/aromatic N) is 3. The minimum Gasteiger partial charge on any atom is -0.459 e. The molecule has 1 N–H and O–H groups in total. The van der Waals surface area contributed by atoms with E-state index in [2.05, 4.69) is 22.5 Å². The molecule has 0 bridgehead atoms. The Labute approximate surface area is 134 Å². The number of aliphatic imine (C=N–C) groups is 1. The second-order valence-corrected chi connectivity index (χ2v) is 5.80. The van der Waals surface area contributed by atoms with Crippen LogP contribution in [0.5, 0.6) is 0 Å². The number of ether oxygens (including phenoxy) is 1. The lowest BCUT2D eigenvalue weighted by Crippen LogP contribution is -2.27. The zero-order valence-corrected chi connectivity index (χ0v) is 13.1. The molecule has 0 amide bonds. The number of benzene rings is 1. The molecule has 1 fully saturated rings. The van der Waals surface area contributed by atoms with Crippen LogP contribution in [0.4, 0.5) is 5.69 Å². The molecule has 1 atom stereocenters. The van der Waals surface area contributed by atoms with Gasteiger partial charge >= 0.3 is 6.02 Å². The summed E-state index contributed by atoms with van der Waals surface area (Å²) in [6.45, 7) is 3.71. The standard InChI is InChI=1S/C14H18N4O3S/c1-10(17-7-6-13(22)8-17)16-14(15)21-9-11-2-4-12(5-3-11)18(19)20/h2-5,13,15,22H,6-9H2,1H3/b15-14?,16-10+/t13-/m0/s1. The third-order valence-corrected chi connectivity index (χ3v) is 3.83. The van der Waals surface area contributed by atoms with Crippen molar-refractivity contribution in [3.05, 3.63) is 39.9 Å². The van der Waals surface area contributed by atoms with Crippen molar-refractivity contribution in [1.29, 1.82) is 5.41 Å². The van der Waals surface area contributed by atoms with Crippen LogP contribution >= 0.6 is 12.6 Å². The summed E-state index contributed by atoms with van der Waals surface area (Å²) in [6.07, 6.45) is 1.01. The van der Waals surface area contributed by atoms with E-state index in [0.717, 1.165) is 30.9 Å². The molecule has 1 aliphatic heterocycles. The third-order valence-electron chi connectivity index (χ3n) is 3.41. The number of non-ortho nitro benzene ring substituents is 1. The second-order valence-electron chi connectivity index (χ2n) is 5.06. The zero-order valence-electron chi connectivity index (χ0n) is 12.2. The molecule has 118 valence electrons. The van der Waals surface area contributed by atoms with Gasteiger partial charge in [0, 0.05) is 30.5 Å². The quantitative estimate of drug-likeness (QED) is 0.294. The molecular formula is C14H18N4O3S. The highest BCUT2D eigenvalue weighted by Crippen LogP contribution is 2.15. The van der Waals surface area contributed by atoms with Crippen molar-refractivity contribution >= 4 is 30.2 Å². The number of nitro benzene ring substituents is 1. The van der Waals surface area contributed by atoms with Gasteiger partial charge < -0.3 is 9.64 Å². The van der Waals surface area contributed by atoms with Gasteiger partial charge in [-0.15, -0.1) is 0 Å². The van der Waals surface area contributed by atoms with E-state index in [1.807, 2.05) is 6.92 Å². The Morgan fingerprint density at radius 1 is 1.55 bits per heavy atom. The van der Waals surface area contributed by atoms with E-state index in [1.54, 1.807) is 12.1 Å². The van der Waals surface area contributed by atoms with Crippen LogP contribution in [0.2, 0.25) is 0 Å². The number of thiol groups is 1. The fourth-order valence-corrected chi connectivity index (χ4v) is 2.46. The van der Waals surface area contributed by atoms with Crippen LogP contribution < -0.4 is 0 Å². The first-order valence-corrected chi connectivity index (χ1v) is 7.40. The van der Waals surface area contributed by atoms with Gasteiger partial charge in [0.2, 0.25) is 0 Å². The lowest BCUT2D eigenvalue weighted by Gasteiger charge is -2.17. The van der Waals surface area contributed by atoms with Crippen molar-refractivity contribution < 1.29 is 9.66 Å². The van der Waals surface area contributed by atoms with Gasteiger partial charge in [-0.2, -0.15) is 17.6 Å². The smallest absolute Gasteiger partial charge is 0.310 e. The van der Waals surface area contributed by atoms with Gasteiger partial charge in [0.15, 0.2) is 0 Å². The van der Waals surface area contributed by atoms with Gasteiger partial charge in [-0.1, -0.05) is 0 Å². The van der Waals surface area contributed by atoms with Gasteiger partial charge in [-0.3, -0.25) is 10.1 Å². The first kappa shape index (κ1) is 16.3. The lowest BCUT2D eigenvalue weighted by atomic mass is 10.2. The lowest BCUT2D eigenvalue weighted by molar-refractivity contribution is -0.384. The van der Waals surface area contributed by atoms with E-state index in [1.165, 1.54) is 12.1 Å². The molecule has 0 aliphatic carbocycles. The summed E-state index contributed by atoms with van der Waals surface area (Å²) in [6, 6.07) is 5.86. The van der Waals surface area contributed by atoms with Gasteiger partial charge in [0.05, 0.1) is 4.92 Å². The molecule has 7 nitrogen and oxygen atoms in total. The summed E-state index contributed by atoms with van der Waals surface area (Å²) in [5.74, 6) is 0.741. The number of amidine groups is 2. The summed E-state index contributed by atoms with van der Waals surface area (Å²) in [4.78, 5) is 16.3. The van der Waals surface area contributed by atoms with Crippen LogP contribution in [0.3, 0.4) is 0 Å². The highest BCUT2D eigenvalue weighted by Gasteiger charge is 2.20. The Bertz CT molecular complexity index is 588. The molecule has 0 aromatic heterocycles. The molecule has 0 unspecified atom stereocenters. The number of hydrogen-bond donors (Lipinski definition) is 2. The van der Waals surface area contributed by atoms with Gasteiger partial charge in [-0.25, -0.2) is 5.41 Å². The number of nitro groups is 1. The van der Waals surface area contributed by atoms with Crippen molar-refractivity contribution in [1.82, 2.24) is 4.90 Å². The SMILES string of the molecule is C/C(=N\C(=N)OCc1ccc([N+](=O)[O-])cc1)N1CC[C@H](S)C1. The largest absolute Gasteiger partial charge is 0.459 e. The molecule has 2 rings (SSSR count). The van der Waals surface area contributed by atoms with Crippen molar-refractivity contribution in [2.75, 3.05) is 13.1 Å². The molecule has 1 aromatic rings. The van der Waals surface area contributed by atoms with E-state index >= 15 is 0 Å². The van der Waals surface area contributed by atoms with Gasteiger partial charge in [0.1, 0.15) is 12.4 Å². The first-order chi connectivity index (χ1) is 10.5. The van der Waals surface area contributed by atoms with E-state index in [-0.39, 0.29) is 18.3 Å². The summed E-state index contributed by atoms with van der Waals surface area (Å²) >= 11 is 4.42. The molecule has 0 saturated carbocycles. The predicted octanol–water partition coefficient (Wildman–Crippen LogP) is 2.47. The summed E-state index contributed by atoms with van der Waals surface area (Å²) < 4.78 is 5.27.